The number of ether oxygens (including phenoxy) is 1. The van der Waals surface area contributed by atoms with Crippen molar-refractivity contribution in [2.75, 3.05) is 26.7 Å². The van der Waals surface area contributed by atoms with Crippen LogP contribution in [0.25, 0.3) is 0 Å². The number of halogens is 3. The topological polar surface area (TPSA) is 12.5 Å². The number of hydrogen-bond donors (Lipinski definition) is 0. The molecule has 0 aromatic rings. The van der Waals surface area contributed by atoms with E-state index in [9.17, 15) is 13.2 Å². The highest BCUT2D eigenvalue weighted by Crippen LogP contribution is 2.16. The van der Waals surface area contributed by atoms with Gasteiger partial charge in [-0.3, -0.25) is 4.74 Å². The van der Waals surface area contributed by atoms with Gasteiger partial charge in [-0.15, -0.1) is 13.2 Å². The molecule has 0 aromatic carbocycles. The van der Waals surface area contributed by atoms with Gasteiger partial charge in [0, 0.05) is 0 Å². The van der Waals surface area contributed by atoms with Gasteiger partial charge < -0.3 is 4.90 Å². The quantitative estimate of drug-likeness (QED) is 0.573. The van der Waals surface area contributed by atoms with Gasteiger partial charge >= 0.3 is 6.36 Å². The van der Waals surface area contributed by atoms with E-state index >= 15 is 0 Å². The molecule has 0 amide bonds. The zero-order valence-electron chi connectivity index (χ0n) is 10.1. The Morgan fingerprint density at radius 3 is 2.12 bits per heavy atom. The minimum Gasteiger partial charge on any atom is -0.307 e. The van der Waals surface area contributed by atoms with Crippen molar-refractivity contribution in [1.29, 1.82) is 0 Å². The lowest BCUT2D eigenvalue weighted by Gasteiger charge is -2.12. The maximum Gasteiger partial charge on any atom is 0.522 e. The lowest BCUT2D eigenvalue weighted by molar-refractivity contribution is -0.324. The van der Waals surface area contributed by atoms with E-state index in [1.165, 1.54) is 0 Å². The fourth-order valence-corrected chi connectivity index (χ4v) is 1.36. The Labute approximate surface area is 95.8 Å². The van der Waals surface area contributed by atoms with E-state index < -0.39 is 6.36 Å². The maximum atomic E-state index is 11.6. The van der Waals surface area contributed by atoms with Crippen LogP contribution >= 0.6 is 0 Å². The van der Waals surface area contributed by atoms with Crippen LogP contribution in [-0.2, 0) is 4.74 Å². The van der Waals surface area contributed by atoms with Gasteiger partial charge in [-0.25, -0.2) is 0 Å². The fourth-order valence-electron chi connectivity index (χ4n) is 1.36. The molecule has 0 aliphatic heterocycles. The molecule has 0 aliphatic carbocycles. The molecule has 0 saturated heterocycles. The summed E-state index contributed by atoms with van der Waals surface area (Å²) in [6, 6.07) is 0. The molecule has 0 radical (unpaired) electrons. The molecule has 0 N–H and O–H groups in total. The standard InChI is InChI=1S/C11H22F3NO/c1-3-15(2)9-7-5-4-6-8-10-16-11(12,13)14/h3-10H2,1-2H3. The summed E-state index contributed by atoms with van der Waals surface area (Å²) < 4.78 is 38.4. The van der Waals surface area contributed by atoms with Crippen molar-refractivity contribution in [3.8, 4) is 0 Å². The van der Waals surface area contributed by atoms with Crippen LogP contribution in [0.1, 0.15) is 39.0 Å². The predicted octanol–water partition coefficient (Wildman–Crippen LogP) is 3.43. The third-order valence-electron chi connectivity index (χ3n) is 2.49. The summed E-state index contributed by atoms with van der Waals surface area (Å²) in [5.74, 6) is 0. The highest BCUT2D eigenvalue weighted by molar-refractivity contribution is 4.50. The number of unbranched alkanes of at least 4 members (excludes halogenated alkanes) is 4. The smallest absolute Gasteiger partial charge is 0.307 e. The molecule has 0 heterocycles. The second-order valence-electron chi connectivity index (χ2n) is 3.96. The normalized spacial score (nSPS) is 12.4. The molecule has 98 valence electrons. The fraction of sp³-hybridized carbons (Fsp3) is 1.00. The van der Waals surface area contributed by atoms with E-state index in [0.29, 0.717) is 6.42 Å². The van der Waals surface area contributed by atoms with Gasteiger partial charge in [-0.05, 0) is 33.0 Å². The SMILES string of the molecule is CCN(C)CCCCCCCOC(F)(F)F. The second kappa shape index (κ2) is 8.82. The first-order valence-electron chi connectivity index (χ1n) is 5.85. The van der Waals surface area contributed by atoms with E-state index in [1.807, 2.05) is 0 Å². The molecule has 0 atom stereocenters. The van der Waals surface area contributed by atoms with Crippen molar-refractivity contribution < 1.29 is 17.9 Å². The van der Waals surface area contributed by atoms with Crippen LogP contribution in [0.5, 0.6) is 0 Å². The molecule has 0 rings (SSSR count). The lowest BCUT2D eigenvalue weighted by atomic mass is 10.1. The minimum absolute atomic E-state index is 0.210. The first-order chi connectivity index (χ1) is 7.45. The van der Waals surface area contributed by atoms with Gasteiger partial charge in [0.1, 0.15) is 0 Å². The Morgan fingerprint density at radius 2 is 1.56 bits per heavy atom. The van der Waals surface area contributed by atoms with Crippen LogP contribution in [0, 0.1) is 0 Å². The zero-order valence-corrected chi connectivity index (χ0v) is 10.1. The van der Waals surface area contributed by atoms with Gasteiger partial charge in [0.15, 0.2) is 0 Å². The molecule has 0 spiro atoms. The van der Waals surface area contributed by atoms with E-state index in [1.54, 1.807) is 0 Å². The third-order valence-corrected chi connectivity index (χ3v) is 2.49. The lowest BCUT2D eigenvalue weighted by Crippen LogP contribution is -2.18. The molecule has 16 heavy (non-hydrogen) atoms. The van der Waals surface area contributed by atoms with Gasteiger partial charge in [0.25, 0.3) is 0 Å². The number of alkyl halides is 3. The van der Waals surface area contributed by atoms with Crippen LogP contribution in [0.4, 0.5) is 13.2 Å². The molecule has 0 bridgehead atoms. The molecule has 0 unspecified atom stereocenters. The monoisotopic (exact) mass is 241 g/mol. The molecule has 0 fully saturated rings. The van der Waals surface area contributed by atoms with Gasteiger partial charge in [0.05, 0.1) is 6.61 Å². The zero-order chi connectivity index (χ0) is 12.4. The second-order valence-corrected chi connectivity index (χ2v) is 3.96. The molecule has 0 aliphatic rings. The summed E-state index contributed by atoms with van der Waals surface area (Å²) in [6.07, 6.45) is 0.0124. The molecular weight excluding hydrogens is 219 g/mol. The summed E-state index contributed by atoms with van der Waals surface area (Å²) in [7, 11) is 2.07. The largest absolute Gasteiger partial charge is 0.522 e. The molecular formula is C11H22F3NO. The first kappa shape index (κ1) is 15.7. The summed E-state index contributed by atoms with van der Waals surface area (Å²) in [4.78, 5) is 2.23. The van der Waals surface area contributed by atoms with E-state index in [4.69, 9.17) is 0 Å². The summed E-state index contributed by atoms with van der Waals surface area (Å²) in [5.41, 5.74) is 0. The Morgan fingerprint density at radius 1 is 1.00 bits per heavy atom. The van der Waals surface area contributed by atoms with Crippen LogP contribution < -0.4 is 0 Å². The number of hydrogen-bond acceptors (Lipinski definition) is 2. The summed E-state index contributed by atoms with van der Waals surface area (Å²) >= 11 is 0. The predicted molar refractivity (Wildman–Crippen MR) is 58.3 cm³/mol. The van der Waals surface area contributed by atoms with Gasteiger partial charge in [0.2, 0.25) is 0 Å². The van der Waals surface area contributed by atoms with Crippen molar-refractivity contribution in [1.82, 2.24) is 4.90 Å². The summed E-state index contributed by atoms with van der Waals surface area (Å²) in [6.45, 7) is 4.00. The Hall–Kier alpha value is -0.290. The van der Waals surface area contributed by atoms with Crippen molar-refractivity contribution in [3.63, 3.8) is 0 Å². The third kappa shape index (κ3) is 11.8. The number of rotatable bonds is 9. The maximum absolute atomic E-state index is 11.6. The van der Waals surface area contributed by atoms with Crippen LogP contribution in [-0.4, -0.2) is 38.0 Å². The number of nitrogens with zero attached hydrogens (tertiary/aromatic N) is 1. The van der Waals surface area contributed by atoms with Crippen molar-refractivity contribution in [2.45, 2.75) is 45.4 Å². The van der Waals surface area contributed by atoms with Crippen molar-refractivity contribution >= 4 is 0 Å². The van der Waals surface area contributed by atoms with Crippen LogP contribution in [0.15, 0.2) is 0 Å². The van der Waals surface area contributed by atoms with Gasteiger partial charge in [-0.1, -0.05) is 26.2 Å². The minimum atomic E-state index is -4.47. The Bertz CT molecular complexity index is 162. The van der Waals surface area contributed by atoms with Crippen LogP contribution in [0.2, 0.25) is 0 Å². The summed E-state index contributed by atoms with van der Waals surface area (Å²) in [5, 5.41) is 0. The Balaban J connectivity index is 3.10. The van der Waals surface area contributed by atoms with Crippen molar-refractivity contribution in [3.05, 3.63) is 0 Å². The molecule has 2 nitrogen and oxygen atoms in total. The van der Waals surface area contributed by atoms with Crippen molar-refractivity contribution in [2.24, 2.45) is 0 Å². The molecule has 0 saturated carbocycles. The highest BCUT2D eigenvalue weighted by Gasteiger charge is 2.28. The highest BCUT2D eigenvalue weighted by atomic mass is 19.4. The first-order valence-corrected chi connectivity index (χ1v) is 5.85. The Kier molecular flexibility index (Phi) is 8.66. The van der Waals surface area contributed by atoms with Crippen LogP contribution in [0.3, 0.4) is 0 Å². The van der Waals surface area contributed by atoms with Gasteiger partial charge in [-0.2, -0.15) is 0 Å². The average molecular weight is 241 g/mol. The average Bonchev–Trinajstić information content (AvgIpc) is 2.20. The van der Waals surface area contributed by atoms with E-state index in [0.717, 1.165) is 38.8 Å². The molecule has 5 heteroatoms. The molecule has 0 aromatic heterocycles. The van der Waals surface area contributed by atoms with E-state index in [2.05, 4.69) is 23.6 Å². The van der Waals surface area contributed by atoms with E-state index in [-0.39, 0.29) is 6.61 Å².